The Bertz CT molecular complexity index is 414. The molecule has 0 aliphatic carbocycles. The maximum atomic E-state index is 5.52. The van der Waals surface area contributed by atoms with E-state index in [1.54, 1.807) is 21.3 Å². The first-order valence-electron chi connectivity index (χ1n) is 6.13. The van der Waals surface area contributed by atoms with Crippen molar-refractivity contribution in [3.8, 4) is 17.2 Å². The van der Waals surface area contributed by atoms with Gasteiger partial charge >= 0.3 is 0 Å². The fourth-order valence-electron chi connectivity index (χ4n) is 1.94. The molecule has 0 fully saturated rings. The summed E-state index contributed by atoms with van der Waals surface area (Å²) in [7, 11) is 4.94. The Kier molecular flexibility index (Phi) is 6.47. The Balaban J connectivity index is 3.40. The van der Waals surface area contributed by atoms with Crippen molar-refractivity contribution in [2.24, 2.45) is 5.92 Å². The van der Waals surface area contributed by atoms with E-state index in [1.165, 1.54) is 0 Å². The highest BCUT2D eigenvalue weighted by Gasteiger charge is 2.23. The molecule has 0 bridgehead atoms. The average molecular weight is 396 g/mol. The van der Waals surface area contributed by atoms with Gasteiger partial charge in [-0.3, -0.25) is 0 Å². The minimum absolute atomic E-state index is 0.620. The number of hydrogen-bond donors (Lipinski definition) is 0. The van der Waals surface area contributed by atoms with Gasteiger partial charge in [0.05, 0.1) is 21.3 Å². The SMILES string of the molecule is COc1c(Br)c(OC)c(CCC(C)C)c(OC)c1Br. The normalized spacial score (nSPS) is 10.7. The van der Waals surface area contributed by atoms with Crippen molar-refractivity contribution in [2.75, 3.05) is 21.3 Å². The van der Waals surface area contributed by atoms with Crippen LogP contribution in [0.3, 0.4) is 0 Å². The van der Waals surface area contributed by atoms with Crippen LogP contribution in [0.5, 0.6) is 17.2 Å². The lowest BCUT2D eigenvalue weighted by Crippen LogP contribution is -2.03. The third-order valence-corrected chi connectivity index (χ3v) is 4.37. The number of methoxy groups -OCH3 is 3. The van der Waals surface area contributed by atoms with Crippen molar-refractivity contribution in [1.82, 2.24) is 0 Å². The maximum Gasteiger partial charge on any atom is 0.154 e. The molecule has 1 aromatic rings. The highest BCUT2D eigenvalue weighted by atomic mass is 79.9. The van der Waals surface area contributed by atoms with Crippen molar-refractivity contribution in [3.05, 3.63) is 14.5 Å². The summed E-state index contributed by atoms with van der Waals surface area (Å²) in [6.07, 6.45) is 1.96. The summed E-state index contributed by atoms with van der Waals surface area (Å²) in [5.74, 6) is 2.85. The predicted octanol–water partition coefficient (Wildman–Crippen LogP) is 4.83. The van der Waals surface area contributed by atoms with Crippen molar-refractivity contribution in [3.63, 3.8) is 0 Å². The molecule has 1 aromatic carbocycles. The summed E-state index contributed by atoms with van der Waals surface area (Å²) in [4.78, 5) is 0. The largest absolute Gasteiger partial charge is 0.495 e. The molecule has 0 N–H and O–H groups in total. The zero-order valence-electron chi connectivity index (χ0n) is 12.0. The Morgan fingerprint density at radius 2 is 1.26 bits per heavy atom. The van der Waals surface area contributed by atoms with Crippen LogP contribution >= 0.6 is 31.9 Å². The minimum Gasteiger partial charge on any atom is -0.495 e. The first-order chi connectivity index (χ1) is 8.97. The molecule has 0 unspecified atom stereocenters. The first kappa shape index (κ1) is 16.6. The van der Waals surface area contributed by atoms with E-state index in [-0.39, 0.29) is 0 Å². The number of hydrogen-bond acceptors (Lipinski definition) is 3. The molecular formula is C14H20Br2O3. The monoisotopic (exact) mass is 394 g/mol. The van der Waals surface area contributed by atoms with Gasteiger partial charge in [-0.2, -0.15) is 0 Å². The Morgan fingerprint density at radius 1 is 0.842 bits per heavy atom. The van der Waals surface area contributed by atoms with Crippen molar-refractivity contribution in [2.45, 2.75) is 26.7 Å². The molecule has 0 radical (unpaired) electrons. The van der Waals surface area contributed by atoms with Gasteiger partial charge in [-0.05, 0) is 50.6 Å². The summed E-state index contributed by atoms with van der Waals surface area (Å²) < 4.78 is 18.0. The smallest absolute Gasteiger partial charge is 0.154 e. The van der Waals surface area contributed by atoms with Crippen LogP contribution in [0.2, 0.25) is 0 Å². The number of benzene rings is 1. The molecule has 0 saturated heterocycles. The molecule has 3 nitrogen and oxygen atoms in total. The molecule has 0 atom stereocenters. The van der Waals surface area contributed by atoms with Crippen LogP contribution in [0, 0.1) is 5.92 Å². The summed E-state index contributed by atoms with van der Waals surface area (Å²) in [6.45, 7) is 4.40. The van der Waals surface area contributed by atoms with E-state index in [2.05, 4.69) is 45.7 Å². The third-order valence-electron chi connectivity index (χ3n) is 2.93. The van der Waals surface area contributed by atoms with E-state index in [0.717, 1.165) is 38.8 Å². The van der Waals surface area contributed by atoms with Crippen LogP contribution in [0.1, 0.15) is 25.8 Å². The quantitative estimate of drug-likeness (QED) is 0.690. The number of halogens is 2. The van der Waals surface area contributed by atoms with Gasteiger partial charge in [-0.25, -0.2) is 0 Å². The van der Waals surface area contributed by atoms with Crippen molar-refractivity contribution in [1.29, 1.82) is 0 Å². The molecule has 1 rings (SSSR count). The minimum atomic E-state index is 0.620. The van der Waals surface area contributed by atoms with Gasteiger partial charge in [0.1, 0.15) is 20.4 Å². The van der Waals surface area contributed by atoms with Gasteiger partial charge in [0, 0.05) is 5.56 Å². The lowest BCUT2D eigenvalue weighted by Gasteiger charge is -2.20. The zero-order chi connectivity index (χ0) is 14.6. The first-order valence-corrected chi connectivity index (χ1v) is 7.72. The van der Waals surface area contributed by atoms with E-state index >= 15 is 0 Å². The topological polar surface area (TPSA) is 27.7 Å². The molecule has 0 amide bonds. The summed E-state index contributed by atoms with van der Waals surface area (Å²) >= 11 is 7.08. The molecule has 0 saturated carbocycles. The van der Waals surface area contributed by atoms with Crippen LogP contribution in [0.25, 0.3) is 0 Å². The Hall–Kier alpha value is -0.420. The van der Waals surface area contributed by atoms with Crippen LogP contribution in [-0.4, -0.2) is 21.3 Å². The molecule has 5 heteroatoms. The third kappa shape index (κ3) is 3.57. The molecule has 0 spiro atoms. The van der Waals surface area contributed by atoms with Crippen molar-refractivity contribution < 1.29 is 14.2 Å². The maximum absolute atomic E-state index is 5.52. The average Bonchev–Trinajstić information content (AvgIpc) is 2.36. The number of ether oxygens (including phenoxy) is 3. The van der Waals surface area contributed by atoms with Gasteiger partial charge < -0.3 is 14.2 Å². The summed E-state index contributed by atoms with van der Waals surface area (Å²) in [6, 6.07) is 0. The molecular weight excluding hydrogens is 376 g/mol. The van der Waals surface area contributed by atoms with Crippen LogP contribution in [-0.2, 0) is 6.42 Å². The molecule has 0 aliphatic heterocycles. The van der Waals surface area contributed by atoms with Gasteiger partial charge in [0.2, 0.25) is 0 Å². The highest BCUT2D eigenvalue weighted by Crippen LogP contribution is 2.49. The van der Waals surface area contributed by atoms with E-state index in [4.69, 9.17) is 14.2 Å². The predicted molar refractivity (Wildman–Crippen MR) is 84.7 cm³/mol. The summed E-state index contributed by atoms with van der Waals surface area (Å²) in [5, 5.41) is 0. The van der Waals surface area contributed by atoms with Crippen LogP contribution in [0.4, 0.5) is 0 Å². The standard InChI is InChI=1S/C14H20Br2O3/c1-8(2)6-7-9-12(17-3)10(15)14(19-5)11(16)13(9)18-4/h8H,6-7H2,1-5H3. The molecule has 0 aromatic heterocycles. The molecule has 0 aliphatic rings. The second-order valence-corrected chi connectivity index (χ2v) is 6.22. The second kappa shape index (κ2) is 7.39. The highest BCUT2D eigenvalue weighted by molar-refractivity contribution is 9.11. The van der Waals surface area contributed by atoms with Crippen LogP contribution in [0.15, 0.2) is 8.95 Å². The zero-order valence-corrected chi connectivity index (χ0v) is 15.1. The molecule has 0 heterocycles. The van der Waals surface area contributed by atoms with E-state index < -0.39 is 0 Å². The summed E-state index contributed by atoms with van der Waals surface area (Å²) in [5.41, 5.74) is 1.05. The Labute approximate surface area is 131 Å². The second-order valence-electron chi connectivity index (χ2n) is 4.64. The van der Waals surface area contributed by atoms with Gasteiger partial charge in [0.25, 0.3) is 0 Å². The fourth-order valence-corrected chi connectivity index (χ4v) is 3.72. The lowest BCUT2D eigenvalue weighted by atomic mass is 10.0. The molecule has 108 valence electrons. The fraction of sp³-hybridized carbons (Fsp3) is 0.571. The van der Waals surface area contributed by atoms with Crippen molar-refractivity contribution >= 4 is 31.9 Å². The van der Waals surface area contributed by atoms with Gasteiger partial charge in [0.15, 0.2) is 5.75 Å². The van der Waals surface area contributed by atoms with Gasteiger partial charge in [-0.15, -0.1) is 0 Å². The Morgan fingerprint density at radius 3 is 1.58 bits per heavy atom. The molecule has 19 heavy (non-hydrogen) atoms. The van der Waals surface area contributed by atoms with E-state index in [9.17, 15) is 0 Å². The number of rotatable bonds is 6. The van der Waals surface area contributed by atoms with Gasteiger partial charge in [-0.1, -0.05) is 13.8 Å². The lowest BCUT2D eigenvalue weighted by molar-refractivity contribution is 0.360. The van der Waals surface area contributed by atoms with E-state index in [1.807, 2.05) is 0 Å². The van der Waals surface area contributed by atoms with E-state index in [0.29, 0.717) is 11.7 Å². The van der Waals surface area contributed by atoms with Crippen LogP contribution < -0.4 is 14.2 Å².